The molecule has 1 aliphatic carbocycles. The summed E-state index contributed by atoms with van der Waals surface area (Å²) in [5.74, 6) is 0.421. The van der Waals surface area contributed by atoms with E-state index in [2.05, 4.69) is 25.6 Å². The highest BCUT2D eigenvalue weighted by molar-refractivity contribution is 6.05. The topological polar surface area (TPSA) is 184 Å². The van der Waals surface area contributed by atoms with Crippen molar-refractivity contribution in [2.24, 2.45) is 11.8 Å². The molecular weight excluding hydrogens is 772 g/mol. The Morgan fingerprint density at radius 3 is 2.30 bits per heavy atom. The Bertz CT molecular complexity index is 2450. The number of imidazole rings is 2. The normalized spacial score (nSPS) is 21.4. The smallest absolute Gasteiger partial charge is 0.407 e. The number of nitrogens with zero attached hydrogens (tertiary/aromatic N) is 4. The minimum absolute atomic E-state index is 0.00868. The van der Waals surface area contributed by atoms with Gasteiger partial charge < -0.3 is 44.6 Å². The number of H-pyrrole nitrogens is 2. The molecule has 4 heterocycles. The molecule has 4 N–H and O–H groups in total. The van der Waals surface area contributed by atoms with E-state index in [1.165, 1.54) is 27.4 Å². The standard InChI is InChI=1S/C44H51FN8O7/c1-22(2)35(50-43(56)59-5)41(54)52-17-7-8-34(52)39-47-32-16-12-26-18-24(10-14-29(26)37(32)49-39)25-11-15-30(31(45)20-25)33-21-46-40(48-33)38-27-9-13-28(19-27)53(38)42(55)36(23(3)58-4)51-44(57)60-6/h10-12,14-16,18,20-23,27-28,34-36,38H,7-9,13,17,19H2,1-6H3,(H,46,48)(H,47,49)(H,50,56)(H,51,57)/t23-,27+,28-,34+,35+,36+,38+/m1/s1. The van der Waals surface area contributed by atoms with Gasteiger partial charge in [-0.15, -0.1) is 0 Å². The lowest BCUT2D eigenvalue weighted by Gasteiger charge is -2.37. The predicted molar refractivity (Wildman–Crippen MR) is 221 cm³/mol. The number of aromatic amines is 2. The molecular formula is C44H51FN8O7. The van der Waals surface area contributed by atoms with E-state index < -0.39 is 36.2 Å². The summed E-state index contributed by atoms with van der Waals surface area (Å²) in [5.41, 5.74) is 4.00. The molecule has 3 fully saturated rings. The van der Waals surface area contributed by atoms with E-state index in [1.54, 1.807) is 24.1 Å². The summed E-state index contributed by atoms with van der Waals surface area (Å²) in [4.78, 5) is 71.9. The van der Waals surface area contributed by atoms with Gasteiger partial charge in [-0.05, 0) is 91.6 Å². The molecule has 0 spiro atoms. The molecule has 0 unspecified atom stereocenters. The van der Waals surface area contributed by atoms with E-state index in [4.69, 9.17) is 19.2 Å². The molecule has 15 nitrogen and oxygen atoms in total. The van der Waals surface area contributed by atoms with E-state index in [9.17, 15) is 19.2 Å². The third kappa shape index (κ3) is 7.41. The third-order valence-electron chi connectivity index (χ3n) is 12.6. The molecule has 2 aliphatic heterocycles. The lowest BCUT2D eigenvalue weighted by Crippen LogP contribution is -2.56. The van der Waals surface area contributed by atoms with Crippen molar-refractivity contribution in [3.05, 3.63) is 72.2 Å². The zero-order valence-electron chi connectivity index (χ0n) is 34.6. The van der Waals surface area contributed by atoms with Crippen LogP contribution in [0.25, 0.3) is 44.2 Å². The van der Waals surface area contributed by atoms with E-state index >= 15 is 4.39 Å². The summed E-state index contributed by atoms with van der Waals surface area (Å²) < 4.78 is 31.1. The van der Waals surface area contributed by atoms with Crippen molar-refractivity contribution in [3.63, 3.8) is 0 Å². The van der Waals surface area contributed by atoms with Gasteiger partial charge in [-0.1, -0.05) is 38.1 Å². The second-order valence-electron chi connectivity index (χ2n) is 16.4. The summed E-state index contributed by atoms with van der Waals surface area (Å²) >= 11 is 0. The van der Waals surface area contributed by atoms with Crippen LogP contribution in [0.15, 0.2) is 54.7 Å². The first-order chi connectivity index (χ1) is 28.9. The number of piperidine rings is 1. The number of likely N-dealkylation sites (tertiary alicyclic amines) is 2. The Labute approximate surface area is 346 Å². The van der Waals surface area contributed by atoms with Crippen LogP contribution in [0.5, 0.6) is 0 Å². The molecule has 5 aromatic rings. The molecule has 3 aromatic carbocycles. The largest absolute Gasteiger partial charge is 0.453 e. The first-order valence-electron chi connectivity index (χ1n) is 20.5. The fourth-order valence-corrected chi connectivity index (χ4v) is 9.42. The van der Waals surface area contributed by atoms with E-state index in [0.717, 1.165) is 59.5 Å². The molecule has 316 valence electrons. The van der Waals surface area contributed by atoms with Crippen molar-refractivity contribution in [2.45, 2.75) is 89.2 Å². The van der Waals surface area contributed by atoms with Crippen LogP contribution >= 0.6 is 0 Å². The van der Waals surface area contributed by atoms with Gasteiger partial charge in [0.05, 0.1) is 55.3 Å². The van der Waals surface area contributed by atoms with Gasteiger partial charge in [0.25, 0.3) is 0 Å². The third-order valence-corrected chi connectivity index (χ3v) is 12.6. The first kappa shape index (κ1) is 40.7. The quantitative estimate of drug-likeness (QED) is 0.112. The van der Waals surface area contributed by atoms with Gasteiger partial charge >= 0.3 is 12.2 Å². The van der Waals surface area contributed by atoms with Crippen LogP contribution in [0, 0.1) is 17.7 Å². The second kappa shape index (κ2) is 16.6. The number of benzene rings is 3. The first-order valence-corrected chi connectivity index (χ1v) is 20.5. The average Bonchev–Trinajstić information content (AvgIpc) is 4.11. The number of halogens is 1. The van der Waals surface area contributed by atoms with Gasteiger partial charge in [0, 0.05) is 30.6 Å². The monoisotopic (exact) mass is 822 g/mol. The fourth-order valence-electron chi connectivity index (χ4n) is 9.42. The van der Waals surface area contributed by atoms with Crippen molar-refractivity contribution in [1.29, 1.82) is 0 Å². The van der Waals surface area contributed by atoms with Crippen molar-refractivity contribution in [1.82, 2.24) is 40.4 Å². The zero-order chi connectivity index (χ0) is 42.4. The minimum atomic E-state index is -0.955. The average molecular weight is 823 g/mol. The van der Waals surface area contributed by atoms with Gasteiger partial charge in [-0.3, -0.25) is 9.59 Å². The van der Waals surface area contributed by atoms with Crippen LogP contribution in [0.4, 0.5) is 14.0 Å². The summed E-state index contributed by atoms with van der Waals surface area (Å²) in [6.07, 6.45) is 3.78. The Hall–Kier alpha value is -6.03. The molecule has 7 atom stereocenters. The van der Waals surface area contributed by atoms with Gasteiger partial charge in [-0.2, -0.15) is 0 Å². The number of nitrogens with one attached hydrogen (secondary N) is 4. The number of amides is 4. The lowest BCUT2D eigenvalue weighted by atomic mass is 9.96. The van der Waals surface area contributed by atoms with Crippen LogP contribution in [0.2, 0.25) is 0 Å². The van der Waals surface area contributed by atoms with Crippen LogP contribution < -0.4 is 10.6 Å². The number of methoxy groups -OCH3 is 3. The summed E-state index contributed by atoms with van der Waals surface area (Å²) in [6, 6.07) is 12.7. The van der Waals surface area contributed by atoms with Gasteiger partial charge in [-0.25, -0.2) is 23.9 Å². The number of carbonyl (C=O) groups is 4. The SMILES string of the molecule is COC(=O)N[C@H](C(=O)N1CCC[C@H]1c1nc2ccc3cc(-c4ccc(-c5cnc([C@@H]6[C@H]7CC[C@H](C7)N6C(=O)[C@@H](NC(=O)OC)[C@@H](C)OC)[nH]5)c(F)c4)ccc3c2[nH]1)C(C)C. The second-order valence-corrected chi connectivity index (χ2v) is 16.4. The van der Waals surface area contributed by atoms with E-state index in [-0.39, 0.29) is 41.8 Å². The van der Waals surface area contributed by atoms with Crippen LogP contribution in [0.1, 0.15) is 76.6 Å². The maximum atomic E-state index is 16.0. The van der Waals surface area contributed by atoms with Crippen LogP contribution in [-0.2, 0) is 23.8 Å². The summed E-state index contributed by atoms with van der Waals surface area (Å²) in [7, 11) is 4.01. The molecule has 60 heavy (non-hydrogen) atoms. The molecule has 1 saturated carbocycles. The Morgan fingerprint density at radius 2 is 1.58 bits per heavy atom. The number of rotatable bonds is 11. The van der Waals surface area contributed by atoms with Gasteiger partial charge in [0.2, 0.25) is 11.8 Å². The van der Waals surface area contributed by atoms with Crippen LogP contribution in [-0.4, -0.2) is 106 Å². The number of fused-ring (bicyclic) bond motifs is 5. The minimum Gasteiger partial charge on any atom is -0.453 e. The highest BCUT2D eigenvalue weighted by atomic mass is 19.1. The Balaban J connectivity index is 1.02. The number of ether oxygens (including phenoxy) is 3. The van der Waals surface area contributed by atoms with Gasteiger partial charge in [0.1, 0.15) is 29.5 Å². The molecule has 3 aliphatic rings. The van der Waals surface area contributed by atoms with Crippen molar-refractivity contribution in [2.75, 3.05) is 27.9 Å². The van der Waals surface area contributed by atoms with Crippen LogP contribution in [0.3, 0.4) is 0 Å². The lowest BCUT2D eigenvalue weighted by molar-refractivity contribution is -0.141. The van der Waals surface area contributed by atoms with E-state index in [1.807, 2.05) is 55.1 Å². The van der Waals surface area contributed by atoms with Gasteiger partial charge in [0.15, 0.2) is 0 Å². The maximum absolute atomic E-state index is 16.0. The number of hydrogen-bond acceptors (Lipinski definition) is 9. The number of alkyl carbamates (subject to hydrolysis) is 2. The Morgan fingerprint density at radius 1 is 0.850 bits per heavy atom. The highest BCUT2D eigenvalue weighted by Crippen LogP contribution is 2.50. The maximum Gasteiger partial charge on any atom is 0.407 e. The molecule has 2 aromatic heterocycles. The van der Waals surface area contributed by atoms with Crippen molar-refractivity contribution in [3.8, 4) is 22.4 Å². The Kier molecular flexibility index (Phi) is 11.2. The molecule has 0 radical (unpaired) electrons. The molecule has 2 bridgehead atoms. The van der Waals surface area contributed by atoms with Crippen molar-refractivity contribution >= 4 is 45.8 Å². The fraction of sp³-hybridized carbons (Fsp3) is 0.455. The summed E-state index contributed by atoms with van der Waals surface area (Å²) in [5, 5.41) is 7.22. The van der Waals surface area contributed by atoms with E-state index in [0.29, 0.717) is 35.0 Å². The molecule has 2 saturated heterocycles. The number of aromatic nitrogens is 4. The summed E-state index contributed by atoms with van der Waals surface area (Å²) in [6.45, 7) is 6.05. The predicted octanol–water partition coefficient (Wildman–Crippen LogP) is 6.77. The van der Waals surface area contributed by atoms with Crippen molar-refractivity contribution < 1.29 is 37.8 Å². The number of hydrogen-bond donors (Lipinski definition) is 4. The molecule has 16 heteroatoms. The highest BCUT2D eigenvalue weighted by Gasteiger charge is 2.52. The zero-order valence-corrected chi connectivity index (χ0v) is 34.6. The molecule has 8 rings (SSSR count). The number of carbonyl (C=O) groups excluding carboxylic acids is 4. The molecule has 4 amide bonds.